The van der Waals surface area contributed by atoms with E-state index < -0.39 is 14.4 Å². The first-order valence-electron chi connectivity index (χ1n) is 10.5. The van der Waals surface area contributed by atoms with Crippen molar-refractivity contribution in [3.05, 3.63) is 102 Å². The van der Waals surface area contributed by atoms with Gasteiger partial charge in [-0.1, -0.05) is 118 Å². The van der Waals surface area contributed by atoms with Crippen molar-refractivity contribution in [2.75, 3.05) is 6.61 Å². The molecule has 0 saturated carbocycles. The molecule has 0 heterocycles. The Kier molecular flexibility index (Phi) is 7.09. The van der Waals surface area contributed by atoms with Gasteiger partial charge in [0.05, 0.1) is 12.7 Å². The molecule has 0 aromatic heterocycles. The zero-order valence-electron chi connectivity index (χ0n) is 18.4. The van der Waals surface area contributed by atoms with Gasteiger partial charge in [-0.25, -0.2) is 0 Å². The second kappa shape index (κ2) is 9.56. The van der Waals surface area contributed by atoms with E-state index in [4.69, 9.17) is 4.43 Å². The number of aliphatic hydroxyl groups is 1. The van der Waals surface area contributed by atoms with Crippen molar-refractivity contribution in [2.24, 2.45) is 0 Å². The van der Waals surface area contributed by atoms with Gasteiger partial charge in [-0.15, -0.1) is 0 Å². The van der Waals surface area contributed by atoms with E-state index in [1.54, 1.807) is 0 Å². The van der Waals surface area contributed by atoms with Gasteiger partial charge in [-0.05, 0) is 33.5 Å². The monoisotopic (exact) mass is 416 g/mol. The molecule has 3 heteroatoms. The molecule has 3 rings (SSSR count). The van der Waals surface area contributed by atoms with Crippen molar-refractivity contribution in [2.45, 2.75) is 38.8 Å². The summed E-state index contributed by atoms with van der Waals surface area (Å²) >= 11 is 0. The molecule has 1 atom stereocenters. The Morgan fingerprint density at radius 3 is 1.67 bits per heavy atom. The van der Waals surface area contributed by atoms with Gasteiger partial charge < -0.3 is 9.53 Å². The fraction of sp³-hybridized carbons (Fsp3) is 0.259. The van der Waals surface area contributed by atoms with Crippen LogP contribution in [-0.4, -0.2) is 26.1 Å². The summed E-state index contributed by atoms with van der Waals surface area (Å²) < 4.78 is 6.97. The minimum atomic E-state index is -2.63. The van der Waals surface area contributed by atoms with Crippen LogP contribution in [0, 0.1) is 0 Å². The fourth-order valence-electron chi connectivity index (χ4n) is 4.00. The van der Waals surface area contributed by atoms with Crippen LogP contribution in [0.4, 0.5) is 0 Å². The van der Waals surface area contributed by atoms with Crippen molar-refractivity contribution >= 4 is 24.8 Å². The summed E-state index contributed by atoms with van der Waals surface area (Å²) in [5.74, 6) is 0. The molecule has 0 spiro atoms. The maximum atomic E-state index is 10.5. The second-order valence-electron chi connectivity index (χ2n) is 8.76. The Bertz CT molecular complexity index is 903. The average molecular weight is 417 g/mol. The van der Waals surface area contributed by atoms with Gasteiger partial charge in [-0.2, -0.15) is 0 Å². The molecule has 1 N–H and O–H groups in total. The molecule has 0 radical (unpaired) electrons. The van der Waals surface area contributed by atoms with Crippen LogP contribution in [0.15, 0.2) is 96.6 Å². The molecule has 1 unspecified atom stereocenters. The van der Waals surface area contributed by atoms with Crippen LogP contribution in [-0.2, 0) is 4.43 Å². The third-order valence-corrected chi connectivity index (χ3v) is 10.5. The number of hydrogen-bond donors (Lipinski definition) is 1. The Morgan fingerprint density at radius 2 is 1.27 bits per heavy atom. The van der Waals surface area contributed by atoms with Crippen LogP contribution in [0.3, 0.4) is 0 Å². The summed E-state index contributed by atoms with van der Waals surface area (Å²) in [4.78, 5) is 0. The molecule has 3 aromatic rings. The van der Waals surface area contributed by atoms with Crippen molar-refractivity contribution in [1.82, 2.24) is 0 Å². The smallest absolute Gasteiger partial charge is 0.261 e. The van der Waals surface area contributed by atoms with Gasteiger partial charge in [0, 0.05) is 0 Å². The highest BCUT2D eigenvalue weighted by molar-refractivity contribution is 6.99. The first kappa shape index (κ1) is 22.2. The van der Waals surface area contributed by atoms with Gasteiger partial charge in [0.15, 0.2) is 0 Å². The lowest BCUT2D eigenvalue weighted by Gasteiger charge is -2.43. The van der Waals surface area contributed by atoms with E-state index in [0.717, 1.165) is 11.1 Å². The van der Waals surface area contributed by atoms with E-state index in [1.807, 2.05) is 55.5 Å². The molecular formula is C27H32O2Si. The maximum absolute atomic E-state index is 10.5. The Morgan fingerprint density at radius 1 is 0.833 bits per heavy atom. The summed E-state index contributed by atoms with van der Waals surface area (Å²) in [6.07, 6.45) is 1.46. The van der Waals surface area contributed by atoms with E-state index >= 15 is 0 Å². The van der Waals surface area contributed by atoms with Gasteiger partial charge in [0.1, 0.15) is 0 Å². The molecule has 0 bridgehead atoms. The highest BCUT2D eigenvalue weighted by atomic mass is 28.4. The minimum Gasteiger partial charge on any atom is -0.403 e. The summed E-state index contributed by atoms with van der Waals surface area (Å²) in [6, 6.07) is 31.3. The van der Waals surface area contributed by atoms with Crippen LogP contribution < -0.4 is 10.4 Å². The summed E-state index contributed by atoms with van der Waals surface area (Å²) in [7, 11) is -2.63. The molecule has 156 valence electrons. The normalized spacial score (nSPS) is 13.8. The Balaban J connectivity index is 2.08. The Hall–Kier alpha value is -2.46. The molecule has 0 fully saturated rings. The van der Waals surface area contributed by atoms with Gasteiger partial charge in [-0.3, -0.25) is 0 Å². The number of aliphatic hydroxyl groups excluding tert-OH is 1. The first-order valence-corrected chi connectivity index (χ1v) is 12.4. The number of hydrogen-bond acceptors (Lipinski definition) is 2. The molecule has 0 saturated heterocycles. The molecule has 0 aliphatic rings. The van der Waals surface area contributed by atoms with Crippen LogP contribution in [0.25, 0.3) is 6.08 Å². The van der Waals surface area contributed by atoms with E-state index in [1.165, 1.54) is 10.4 Å². The van der Waals surface area contributed by atoms with Crippen LogP contribution in [0.1, 0.15) is 33.3 Å². The SMILES string of the molecule is CC(O)/C(=C/c1ccccc1)CO[Si](c1ccccc1)(c1ccccc1)C(C)(C)C. The van der Waals surface area contributed by atoms with Gasteiger partial charge >= 0.3 is 0 Å². The number of rotatable bonds is 7. The standard InChI is InChI=1S/C27H32O2Si/c1-22(28)24(20-23-14-8-5-9-15-23)21-29-30(27(2,3)4,25-16-10-6-11-17-25)26-18-12-7-13-19-26/h5-20,22,28H,21H2,1-4H3/b24-20+. The predicted octanol–water partition coefficient (Wildman–Crippen LogP) is 5.03. The highest BCUT2D eigenvalue weighted by Crippen LogP contribution is 2.37. The quantitative estimate of drug-likeness (QED) is 0.548. The summed E-state index contributed by atoms with van der Waals surface area (Å²) in [5.41, 5.74) is 1.95. The molecular weight excluding hydrogens is 384 g/mol. The maximum Gasteiger partial charge on any atom is 0.261 e. The third-order valence-electron chi connectivity index (χ3n) is 5.56. The molecule has 30 heavy (non-hydrogen) atoms. The Labute approximate surface area is 182 Å². The molecule has 0 aliphatic heterocycles. The second-order valence-corrected chi connectivity index (χ2v) is 13.1. The lowest BCUT2D eigenvalue weighted by molar-refractivity contribution is 0.208. The summed E-state index contributed by atoms with van der Waals surface area (Å²) in [5, 5.41) is 12.9. The minimum absolute atomic E-state index is 0.0910. The lowest BCUT2D eigenvalue weighted by Crippen LogP contribution is -2.66. The summed E-state index contributed by atoms with van der Waals surface area (Å²) in [6.45, 7) is 9.00. The largest absolute Gasteiger partial charge is 0.403 e. The van der Waals surface area contributed by atoms with Crippen molar-refractivity contribution in [3.63, 3.8) is 0 Å². The predicted molar refractivity (Wildman–Crippen MR) is 130 cm³/mol. The van der Waals surface area contributed by atoms with E-state index in [-0.39, 0.29) is 5.04 Å². The van der Waals surface area contributed by atoms with Crippen molar-refractivity contribution in [1.29, 1.82) is 0 Å². The van der Waals surface area contributed by atoms with Crippen molar-refractivity contribution < 1.29 is 9.53 Å². The average Bonchev–Trinajstić information content (AvgIpc) is 2.74. The van der Waals surface area contributed by atoms with E-state index in [2.05, 4.69) is 69.3 Å². The van der Waals surface area contributed by atoms with Crippen LogP contribution >= 0.6 is 0 Å². The molecule has 3 aromatic carbocycles. The zero-order valence-corrected chi connectivity index (χ0v) is 19.4. The third kappa shape index (κ3) is 4.81. The topological polar surface area (TPSA) is 29.5 Å². The van der Waals surface area contributed by atoms with Crippen LogP contribution in [0.2, 0.25) is 5.04 Å². The number of benzene rings is 3. The highest BCUT2D eigenvalue weighted by Gasteiger charge is 2.50. The first-order chi connectivity index (χ1) is 14.3. The van der Waals surface area contributed by atoms with Crippen molar-refractivity contribution in [3.8, 4) is 0 Å². The van der Waals surface area contributed by atoms with E-state index in [0.29, 0.717) is 6.61 Å². The van der Waals surface area contributed by atoms with E-state index in [9.17, 15) is 5.11 Å². The molecule has 2 nitrogen and oxygen atoms in total. The van der Waals surface area contributed by atoms with Gasteiger partial charge in [0.25, 0.3) is 8.32 Å². The molecule has 0 amide bonds. The molecule has 0 aliphatic carbocycles. The van der Waals surface area contributed by atoms with Gasteiger partial charge in [0.2, 0.25) is 0 Å². The van der Waals surface area contributed by atoms with Crippen LogP contribution in [0.5, 0.6) is 0 Å². The lowest BCUT2D eigenvalue weighted by atomic mass is 10.1. The fourth-order valence-corrected chi connectivity index (χ4v) is 8.54. The zero-order chi connectivity index (χ0) is 21.6.